The fraction of sp³-hybridized carbons (Fsp3) is 0.353. The first-order chi connectivity index (χ1) is 22.1. The number of ether oxygens (including phenoxy) is 5. The highest BCUT2D eigenvalue weighted by atomic mass is 35.5. The van der Waals surface area contributed by atoms with Gasteiger partial charge in [-0.15, -0.1) is 13.2 Å². The number of aryl methyl sites for hydroxylation is 1. The minimum absolute atomic E-state index is 0.257. The molecule has 0 atom stereocenters. The van der Waals surface area contributed by atoms with Crippen LogP contribution in [0.3, 0.4) is 0 Å². The molecule has 4 rings (SSSR count). The predicted octanol–water partition coefficient (Wildman–Crippen LogP) is 9.90. The Morgan fingerprint density at radius 3 is 2.17 bits per heavy atom. The van der Waals surface area contributed by atoms with Gasteiger partial charge < -0.3 is 28.8 Å². The number of rotatable bonds is 15. The second-order valence-electron chi connectivity index (χ2n) is 10.4. The summed E-state index contributed by atoms with van der Waals surface area (Å²) in [5.74, 6) is 0.730. The monoisotopic (exact) mass is 661 g/mol. The largest absolute Gasteiger partial charge is 0.573 e. The summed E-state index contributed by atoms with van der Waals surface area (Å²) in [4.78, 5) is 16.9. The van der Waals surface area contributed by atoms with Crippen LogP contribution in [0.4, 0.5) is 18.0 Å². The van der Waals surface area contributed by atoms with Gasteiger partial charge in [0, 0.05) is 21.7 Å². The van der Waals surface area contributed by atoms with Crippen LogP contribution >= 0.6 is 11.6 Å². The molecule has 0 saturated heterocycles. The van der Waals surface area contributed by atoms with Gasteiger partial charge in [0.2, 0.25) is 6.79 Å². The van der Waals surface area contributed by atoms with Gasteiger partial charge in [-0.2, -0.15) is 0 Å². The van der Waals surface area contributed by atoms with Gasteiger partial charge in [-0.25, -0.2) is 4.79 Å². The molecular formula is C34H35ClF3NO7. The van der Waals surface area contributed by atoms with Gasteiger partial charge >= 0.3 is 12.5 Å². The molecule has 0 spiro atoms. The average molecular weight is 662 g/mol. The van der Waals surface area contributed by atoms with Gasteiger partial charge in [-0.1, -0.05) is 62.8 Å². The highest BCUT2D eigenvalue weighted by molar-refractivity contribution is 6.32. The van der Waals surface area contributed by atoms with Gasteiger partial charge in [-0.05, 0) is 73.0 Å². The summed E-state index contributed by atoms with van der Waals surface area (Å²) >= 11 is 6.42. The van der Waals surface area contributed by atoms with Crippen molar-refractivity contribution < 1.29 is 46.8 Å². The third kappa shape index (κ3) is 9.89. The Bertz CT molecular complexity index is 1600. The number of halogens is 4. The molecule has 8 nitrogen and oxygen atoms in total. The molecule has 4 aromatic rings. The third-order valence-electron chi connectivity index (χ3n) is 6.99. The molecule has 0 unspecified atom stereocenters. The summed E-state index contributed by atoms with van der Waals surface area (Å²) in [6.07, 6.45) is 0.701. The number of hydrogen-bond donors (Lipinski definition) is 1. The van der Waals surface area contributed by atoms with E-state index in [9.17, 15) is 23.1 Å². The van der Waals surface area contributed by atoms with Crippen LogP contribution in [0.5, 0.6) is 23.0 Å². The molecule has 0 radical (unpaired) electrons. The minimum Gasteiger partial charge on any atom is -0.457 e. The Hall–Kier alpha value is -4.22. The summed E-state index contributed by atoms with van der Waals surface area (Å²) < 4.78 is 63.4. The average Bonchev–Trinajstić information content (AvgIpc) is 3.01. The molecule has 246 valence electrons. The lowest BCUT2D eigenvalue weighted by Gasteiger charge is -2.18. The number of carbonyl (C=O) groups excluding carboxylic acids is 1. The summed E-state index contributed by atoms with van der Waals surface area (Å²) in [5.41, 5.74) is 2.90. The zero-order valence-electron chi connectivity index (χ0n) is 25.5. The van der Waals surface area contributed by atoms with E-state index in [0.717, 1.165) is 44.2 Å². The van der Waals surface area contributed by atoms with E-state index in [-0.39, 0.29) is 19.0 Å². The Balaban J connectivity index is 1.50. The predicted molar refractivity (Wildman–Crippen MR) is 167 cm³/mol. The van der Waals surface area contributed by atoms with Crippen molar-refractivity contribution in [3.05, 3.63) is 76.9 Å². The van der Waals surface area contributed by atoms with Gasteiger partial charge in [-0.3, -0.25) is 4.98 Å². The van der Waals surface area contributed by atoms with Crippen molar-refractivity contribution in [2.75, 3.05) is 13.4 Å². The van der Waals surface area contributed by atoms with Crippen LogP contribution in [0, 0.1) is 6.92 Å². The Morgan fingerprint density at radius 2 is 1.52 bits per heavy atom. The van der Waals surface area contributed by atoms with E-state index in [4.69, 9.17) is 35.5 Å². The topological polar surface area (TPSA) is 96.3 Å². The van der Waals surface area contributed by atoms with Gasteiger partial charge in [0.25, 0.3) is 0 Å². The van der Waals surface area contributed by atoms with Crippen molar-refractivity contribution in [2.45, 2.75) is 65.3 Å². The maximum absolute atomic E-state index is 12.5. The van der Waals surface area contributed by atoms with Crippen LogP contribution in [0.15, 0.2) is 60.7 Å². The van der Waals surface area contributed by atoms with Crippen LogP contribution in [0.2, 0.25) is 5.02 Å². The molecule has 0 fully saturated rings. The number of nitrogens with zero attached hydrogens (tertiary/aromatic N) is 1. The van der Waals surface area contributed by atoms with E-state index in [2.05, 4.69) is 11.7 Å². The first-order valence-electron chi connectivity index (χ1n) is 14.9. The van der Waals surface area contributed by atoms with Crippen molar-refractivity contribution in [3.8, 4) is 34.1 Å². The second kappa shape index (κ2) is 16.4. The van der Waals surface area contributed by atoms with Crippen LogP contribution in [-0.4, -0.2) is 36.0 Å². The fourth-order valence-corrected chi connectivity index (χ4v) is 5.00. The fourth-order valence-electron chi connectivity index (χ4n) is 4.78. The lowest BCUT2D eigenvalue weighted by atomic mass is 9.99. The lowest BCUT2D eigenvalue weighted by molar-refractivity contribution is -0.274. The molecule has 1 heterocycles. The van der Waals surface area contributed by atoms with Crippen molar-refractivity contribution in [3.63, 3.8) is 0 Å². The molecule has 12 heteroatoms. The van der Waals surface area contributed by atoms with Crippen molar-refractivity contribution in [1.29, 1.82) is 0 Å². The normalized spacial score (nSPS) is 11.4. The maximum Gasteiger partial charge on any atom is 0.573 e. The van der Waals surface area contributed by atoms with E-state index in [1.165, 1.54) is 18.6 Å². The second-order valence-corrected chi connectivity index (χ2v) is 10.8. The number of aliphatic hydroxyl groups is 1. The number of fused-ring (bicyclic) bond motifs is 1. The van der Waals surface area contributed by atoms with Crippen molar-refractivity contribution in [1.82, 2.24) is 4.98 Å². The third-order valence-corrected chi connectivity index (χ3v) is 7.34. The number of alkyl halides is 3. The standard InChI is InChI=1S/C34H35ClF3NO7/c1-3-4-5-6-7-8-17-42-33(41)44-21-43-32-28-19-29(35)24(20-40)18-30(28)39-22(2)31(32)23-9-11-25(12-10-23)45-26-13-15-27(16-14-26)46-34(36,37)38/h9-16,18-19,40H,3-8,17,20-21H2,1-2H3. The Morgan fingerprint density at radius 1 is 0.891 bits per heavy atom. The van der Waals surface area contributed by atoms with Crippen LogP contribution < -0.4 is 14.2 Å². The number of aliphatic hydroxyl groups excluding tert-OH is 1. The minimum atomic E-state index is -4.79. The summed E-state index contributed by atoms with van der Waals surface area (Å²) in [6, 6.07) is 15.2. The molecule has 0 aliphatic rings. The lowest BCUT2D eigenvalue weighted by Crippen LogP contribution is -2.16. The van der Waals surface area contributed by atoms with Crippen LogP contribution in [0.1, 0.15) is 56.7 Å². The van der Waals surface area contributed by atoms with Gasteiger partial charge in [0.1, 0.15) is 23.0 Å². The number of benzene rings is 3. The molecule has 3 aromatic carbocycles. The molecule has 0 amide bonds. The Labute approximate surface area is 270 Å². The number of aromatic nitrogens is 1. The first-order valence-corrected chi connectivity index (χ1v) is 15.3. The highest BCUT2D eigenvalue weighted by Crippen LogP contribution is 2.41. The number of unbranched alkanes of at least 4 members (excludes halogenated alkanes) is 5. The molecular weight excluding hydrogens is 627 g/mol. The van der Waals surface area contributed by atoms with E-state index in [0.29, 0.717) is 55.6 Å². The van der Waals surface area contributed by atoms with Gasteiger partial charge in [0.05, 0.1) is 18.7 Å². The summed E-state index contributed by atoms with van der Waals surface area (Å²) in [6.45, 7) is 3.49. The SMILES string of the molecule is CCCCCCCCOC(=O)OCOc1c(-c2ccc(Oc3ccc(OC(F)(F)F)cc3)cc2)c(C)nc2cc(CO)c(Cl)cc12. The Kier molecular flexibility index (Phi) is 12.3. The number of pyridine rings is 1. The van der Waals surface area contributed by atoms with Crippen LogP contribution in [-0.2, 0) is 16.1 Å². The van der Waals surface area contributed by atoms with E-state index >= 15 is 0 Å². The summed E-state index contributed by atoms with van der Waals surface area (Å²) in [5, 5.41) is 10.6. The van der Waals surface area contributed by atoms with Crippen molar-refractivity contribution >= 4 is 28.7 Å². The van der Waals surface area contributed by atoms with E-state index in [1.807, 2.05) is 0 Å². The van der Waals surface area contributed by atoms with E-state index in [1.54, 1.807) is 43.3 Å². The molecule has 0 aliphatic carbocycles. The summed E-state index contributed by atoms with van der Waals surface area (Å²) in [7, 11) is 0. The molecule has 0 aliphatic heterocycles. The first kappa shape index (κ1) is 34.6. The smallest absolute Gasteiger partial charge is 0.457 e. The highest BCUT2D eigenvalue weighted by Gasteiger charge is 2.31. The molecule has 1 aromatic heterocycles. The van der Waals surface area contributed by atoms with E-state index < -0.39 is 19.3 Å². The maximum atomic E-state index is 12.5. The molecule has 1 N–H and O–H groups in total. The molecule has 46 heavy (non-hydrogen) atoms. The zero-order valence-corrected chi connectivity index (χ0v) is 26.2. The number of carbonyl (C=O) groups is 1. The number of hydrogen-bond acceptors (Lipinski definition) is 8. The van der Waals surface area contributed by atoms with Gasteiger partial charge in [0.15, 0.2) is 0 Å². The zero-order chi connectivity index (χ0) is 33.1. The van der Waals surface area contributed by atoms with Crippen LogP contribution in [0.25, 0.3) is 22.0 Å². The van der Waals surface area contributed by atoms with Crippen molar-refractivity contribution in [2.24, 2.45) is 0 Å². The quantitative estimate of drug-likeness (QED) is 0.0764. The molecule has 0 bridgehead atoms. The molecule has 0 saturated carbocycles.